The number of aromatic nitrogens is 2. The van der Waals surface area contributed by atoms with Crippen LogP contribution in [-0.2, 0) is 6.54 Å². The van der Waals surface area contributed by atoms with E-state index in [1.54, 1.807) is 0 Å². The molecule has 0 radical (unpaired) electrons. The van der Waals surface area contributed by atoms with Gasteiger partial charge in [-0.05, 0) is 93.5 Å². The van der Waals surface area contributed by atoms with Gasteiger partial charge in [0.15, 0.2) is 0 Å². The quantitative estimate of drug-likeness (QED) is 0.315. The molecule has 180 valence electrons. The molecule has 7 heteroatoms. The summed E-state index contributed by atoms with van der Waals surface area (Å²) < 4.78 is 7.80. The molecule has 35 heavy (non-hydrogen) atoms. The molecule has 2 heterocycles. The summed E-state index contributed by atoms with van der Waals surface area (Å²) in [4.78, 5) is 15.1. The summed E-state index contributed by atoms with van der Waals surface area (Å²) in [5.41, 5.74) is 2.27. The van der Waals surface area contributed by atoms with Crippen LogP contribution < -0.4 is 15.4 Å². The maximum absolute atomic E-state index is 12.5. The number of fused-ring (bicyclic) bond motifs is 1. The number of piperidine rings is 1. The van der Waals surface area contributed by atoms with Crippen LogP contribution in [0.2, 0.25) is 0 Å². The van der Waals surface area contributed by atoms with E-state index in [4.69, 9.17) is 9.84 Å². The van der Waals surface area contributed by atoms with E-state index in [1.165, 1.54) is 32.4 Å². The normalized spacial score (nSPS) is 14.1. The summed E-state index contributed by atoms with van der Waals surface area (Å²) in [7, 11) is 0. The van der Waals surface area contributed by atoms with Crippen molar-refractivity contribution in [1.82, 2.24) is 14.7 Å². The van der Waals surface area contributed by atoms with Crippen molar-refractivity contribution in [1.29, 1.82) is 0 Å². The second kappa shape index (κ2) is 11.1. The molecule has 0 saturated carbocycles. The first-order valence-electron chi connectivity index (χ1n) is 12.3. The average Bonchev–Trinajstić information content (AvgIpc) is 3.28. The van der Waals surface area contributed by atoms with Crippen molar-refractivity contribution in [2.24, 2.45) is 0 Å². The summed E-state index contributed by atoms with van der Waals surface area (Å²) in [5.74, 6) is 1.48. The molecule has 0 atom stereocenters. The first-order chi connectivity index (χ1) is 17.2. The molecular formula is C28H31N5O2. The number of rotatable bonds is 8. The number of nitrogens with zero attached hydrogens (tertiary/aromatic N) is 3. The van der Waals surface area contributed by atoms with Crippen LogP contribution in [0.5, 0.6) is 11.5 Å². The Morgan fingerprint density at radius 2 is 1.54 bits per heavy atom. The smallest absolute Gasteiger partial charge is 0.323 e. The Kier molecular flexibility index (Phi) is 7.24. The summed E-state index contributed by atoms with van der Waals surface area (Å²) in [6.45, 7) is 4.48. The standard InChI is InChI=1S/C28H31N5O2/c34-28(29-23-12-14-26(15-13-23)35-25-8-3-1-4-9-25)30-24-11-10-22-21-33(31-27(22)20-24)19-7-18-32-16-5-2-6-17-32/h1,3-4,8-15,20-21H,2,5-7,16-19H2,(H2,29,30,34). The van der Waals surface area contributed by atoms with Crippen molar-refractivity contribution in [2.45, 2.75) is 32.2 Å². The van der Waals surface area contributed by atoms with Crippen LogP contribution in [0.1, 0.15) is 25.7 Å². The Morgan fingerprint density at radius 3 is 2.34 bits per heavy atom. The number of para-hydroxylation sites is 1. The minimum Gasteiger partial charge on any atom is -0.457 e. The van der Waals surface area contributed by atoms with Gasteiger partial charge in [-0.2, -0.15) is 5.10 Å². The number of ether oxygens (including phenoxy) is 1. The van der Waals surface area contributed by atoms with E-state index >= 15 is 0 Å². The van der Waals surface area contributed by atoms with Crippen LogP contribution >= 0.6 is 0 Å². The monoisotopic (exact) mass is 469 g/mol. The minimum atomic E-state index is -0.304. The van der Waals surface area contributed by atoms with Gasteiger partial charge in [-0.15, -0.1) is 0 Å². The molecule has 0 unspecified atom stereocenters. The zero-order valence-electron chi connectivity index (χ0n) is 19.8. The largest absolute Gasteiger partial charge is 0.457 e. The third-order valence-electron chi connectivity index (χ3n) is 6.21. The van der Waals surface area contributed by atoms with Crippen LogP contribution in [0, 0.1) is 0 Å². The number of carbonyl (C=O) groups is 1. The highest BCUT2D eigenvalue weighted by Crippen LogP contribution is 2.23. The first kappa shape index (κ1) is 22.9. The van der Waals surface area contributed by atoms with Gasteiger partial charge < -0.3 is 20.3 Å². The summed E-state index contributed by atoms with van der Waals surface area (Å²) >= 11 is 0. The Morgan fingerprint density at radius 1 is 0.829 bits per heavy atom. The predicted molar refractivity (Wildman–Crippen MR) is 140 cm³/mol. The highest BCUT2D eigenvalue weighted by molar-refractivity contribution is 6.00. The van der Waals surface area contributed by atoms with Crippen molar-refractivity contribution in [3.8, 4) is 11.5 Å². The molecule has 4 aromatic rings. The number of hydrogen-bond acceptors (Lipinski definition) is 4. The highest BCUT2D eigenvalue weighted by atomic mass is 16.5. The highest BCUT2D eigenvalue weighted by Gasteiger charge is 2.10. The fraction of sp³-hybridized carbons (Fsp3) is 0.286. The number of carbonyl (C=O) groups excluding carboxylic acids is 1. The lowest BCUT2D eigenvalue weighted by Gasteiger charge is -2.26. The maximum Gasteiger partial charge on any atom is 0.323 e. The third kappa shape index (κ3) is 6.39. The van der Waals surface area contributed by atoms with Crippen molar-refractivity contribution in [2.75, 3.05) is 30.3 Å². The lowest BCUT2D eigenvalue weighted by molar-refractivity contribution is 0.222. The topological polar surface area (TPSA) is 71.4 Å². The zero-order chi connectivity index (χ0) is 23.9. The van der Waals surface area contributed by atoms with E-state index in [0.717, 1.165) is 36.2 Å². The number of amides is 2. The van der Waals surface area contributed by atoms with Gasteiger partial charge in [0.25, 0.3) is 0 Å². The Labute approximate surface area is 205 Å². The molecular weight excluding hydrogens is 438 g/mol. The first-order valence-corrected chi connectivity index (χ1v) is 12.3. The van der Waals surface area contributed by atoms with Crippen molar-refractivity contribution in [3.05, 3.63) is 79.0 Å². The van der Waals surface area contributed by atoms with Crippen LogP contribution in [-0.4, -0.2) is 40.3 Å². The summed E-state index contributed by atoms with van der Waals surface area (Å²) in [5, 5.41) is 11.5. The van der Waals surface area contributed by atoms with Crippen LogP contribution in [0.4, 0.5) is 16.2 Å². The van der Waals surface area contributed by atoms with Gasteiger partial charge in [0, 0.05) is 29.5 Å². The van der Waals surface area contributed by atoms with Crippen molar-refractivity contribution < 1.29 is 9.53 Å². The molecule has 0 spiro atoms. The minimum absolute atomic E-state index is 0.304. The number of likely N-dealkylation sites (tertiary alicyclic amines) is 1. The molecule has 1 aliphatic heterocycles. The molecule has 0 aliphatic carbocycles. The van der Waals surface area contributed by atoms with E-state index in [-0.39, 0.29) is 6.03 Å². The van der Waals surface area contributed by atoms with E-state index in [1.807, 2.05) is 77.5 Å². The lowest BCUT2D eigenvalue weighted by Crippen LogP contribution is -2.31. The van der Waals surface area contributed by atoms with Gasteiger partial charge in [0.2, 0.25) is 0 Å². The zero-order valence-corrected chi connectivity index (χ0v) is 19.8. The molecule has 1 saturated heterocycles. The second-order valence-electron chi connectivity index (χ2n) is 8.94. The van der Waals surface area contributed by atoms with Gasteiger partial charge in [0.1, 0.15) is 11.5 Å². The molecule has 1 aliphatic rings. The number of urea groups is 1. The van der Waals surface area contributed by atoms with Crippen LogP contribution in [0.25, 0.3) is 10.9 Å². The SMILES string of the molecule is O=C(Nc1ccc(Oc2ccccc2)cc1)Nc1ccc2cn(CCCN3CCCCC3)nc2c1. The van der Waals surface area contributed by atoms with Gasteiger partial charge in [-0.1, -0.05) is 24.6 Å². The van der Waals surface area contributed by atoms with E-state index in [9.17, 15) is 4.79 Å². The van der Waals surface area contributed by atoms with Crippen LogP contribution in [0.15, 0.2) is 79.0 Å². The number of nitrogens with one attached hydrogen (secondary N) is 2. The summed E-state index contributed by atoms with van der Waals surface area (Å²) in [6.07, 6.45) is 7.18. The maximum atomic E-state index is 12.5. The summed E-state index contributed by atoms with van der Waals surface area (Å²) in [6, 6.07) is 22.4. The van der Waals surface area contributed by atoms with Gasteiger partial charge in [0.05, 0.1) is 5.52 Å². The van der Waals surface area contributed by atoms with Crippen LogP contribution in [0.3, 0.4) is 0 Å². The molecule has 3 aromatic carbocycles. The molecule has 1 fully saturated rings. The lowest BCUT2D eigenvalue weighted by atomic mass is 10.1. The predicted octanol–water partition coefficient (Wildman–Crippen LogP) is 6.35. The second-order valence-corrected chi connectivity index (χ2v) is 8.94. The number of benzene rings is 3. The molecule has 2 N–H and O–H groups in total. The fourth-order valence-corrected chi connectivity index (χ4v) is 4.42. The average molecular weight is 470 g/mol. The Bertz CT molecular complexity index is 1250. The fourth-order valence-electron chi connectivity index (χ4n) is 4.42. The van der Waals surface area contributed by atoms with E-state index in [0.29, 0.717) is 17.1 Å². The molecule has 7 nitrogen and oxygen atoms in total. The molecule has 0 bridgehead atoms. The molecule has 1 aromatic heterocycles. The Hall–Kier alpha value is -3.84. The third-order valence-corrected chi connectivity index (χ3v) is 6.21. The Balaban J connectivity index is 1.13. The molecule has 5 rings (SSSR count). The van der Waals surface area contributed by atoms with Gasteiger partial charge >= 0.3 is 6.03 Å². The van der Waals surface area contributed by atoms with E-state index < -0.39 is 0 Å². The van der Waals surface area contributed by atoms with Gasteiger partial charge in [-0.3, -0.25) is 4.68 Å². The number of aryl methyl sites for hydroxylation is 1. The number of anilines is 2. The van der Waals surface area contributed by atoms with Crippen molar-refractivity contribution in [3.63, 3.8) is 0 Å². The molecule has 2 amide bonds. The van der Waals surface area contributed by atoms with Gasteiger partial charge in [-0.25, -0.2) is 4.79 Å². The number of hydrogen-bond donors (Lipinski definition) is 2. The van der Waals surface area contributed by atoms with E-state index in [2.05, 4.69) is 21.7 Å². The van der Waals surface area contributed by atoms with Crippen molar-refractivity contribution >= 4 is 28.3 Å².